The van der Waals surface area contributed by atoms with E-state index in [1.165, 1.54) is 4.90 Å². The number of rotatable bonds is 5. The number of allylic oxidation sites excluding steroid dienone is 2. The first-order valence-corrected chi connectivity index (χ1v) is 9.76. The number of fused-ring (bicyclic) bond motifs is 5. The van der Waals surface area contributed by atoms with E-state index in [1.54, 1.807) is 7.05 Å². The molecule has 3 N–H and O–H groups in total. The summed E-state index contributed by atoms with van der Waals surface area (Å²) in [4.78, 5) is 30.9. The SMILES string of the molecule is CN=C(NCCN1C(=O)C2C3C=CC(C3)C2C1=O)NCC1CCCC1O. The Bertz CT molecular complexity index is 617. The van der Waals surface area contributed by atoms with Gasteiger partial charge in [-0.1, -0.05) is 18.6 Å². The van der Waals surface area contributed by atoms with Crippen LogP contribution in [0.4, 0.5) is 0 Å². The largest absolute Gasteiger partial charge is 0.393 e. The zero-order valence-electron chi connectivity index (χ0n) is 15.2. The summed E-state index contributed by atoms with van der Waals surface area (Å²) in [6.07, 6.45) is 7.92. The third kappa shape index (κ3) is 2.92. The van der Waals surface area contributed by atoms with Crippen LogP contribution in [0.5, 0.6) is 0 Å². The van der Waals surface area contributed by atoms with E-state index in [0.29, 0.717) is 25.6 Å². The first-order chi connectivity index (χ1) is 12.6. The van der Waals surface area contributed by atoms with Crippen LogP contribution >= 0.6 is 0 Å². The third-order valence-corrected chi connectivity index (χ3v) is 6.56. The second kappa shape index (κ2) is 7.02. The predicted octanol–water partition coefficient (Wildman–Crippen LogP) is 0.120. The highest BCUT2D eigenvalue weighted by Gasteiger charge is 2.58. The van der Waals surface area contributed by atoms with Gasteiger partial charge in [0, 0.05) is 32.6 Å². The Kier molecular flexibility index (Phi) is 4.73. The minimum absolute atomic E-state index is 0.00401. The van der Waals surface area contributed by atoms with Crippen LogP contribution in [0.1, 0.15) is 25.7 Å². The van der Waals surface area contributed by atoms with Gasteiger partial charge in [-0.25, -0.2) is 0 Å². The Hall–Kier alpha value is -1.89. The van der Waals surface area contributed by atoms with Crippen molar-refractivity contribution in [3.8, 4) is 0 Å². The highest BCUT2D eigenvalue weighted by Crippen LogP contribution is 2.52. The number of aliphatic imine (C=N–C) groups is 1. The van der Waals surface area contributed by atoms with Crippen molar-refractivity contribution in [1.29, 1.82) is 0 Å². The molecule has 3 fully saturated rings. The van der Waals surface area contributed by atoms with Crippen molar-refractivity contribution in [2.24, 2.45) is 34.6 Å². The minimum atomic E-state index is -0.233. The van der Waals surface area contributed by atoms with Crippen molar-refractivity contribution in [3.63, 3.8) is 0 Å². The third-order valence-electron chi connectivity index (χ3n) is 6.56. The van der Waals surface area contributed by atoms with Crippen LogP contribution in [0.15, 0.2) is 17.1 Å². The van der Waals surface area contributed by atoms with Gasteiger partial charge >= 0.3 is 0 Å². The molecule has 0 aromatic rings. The maximum absolute atomic E-state index is 12.6. The van der Waals surface area contributed by atoms with Gasteiger partial charge in [-0.2, -0.15) is 0 Å². The topological polar surface area (TPSA) is 94.0 Å². The molecule has 2 bridgehead atoms. The fraction of sp³-hybridized carbons (Fsp3) is 0.737. The molecule has 4 rings (SSSR count). The molecule has 0 aromatic heterocycles. The smallest absolute Gasteiger partial charge is 0.233 e. The molecule has 26 heavy (non-hydrogen) atoms. The summed E-state index contributed by atoms with van der Waals surface area (Å²) in [5.74, 6) is 1.16. The van der Waals surface area contributed by atoms with Crippen molar-refractivity contribution in [2.75, 3.05) is 26.7 Å². The van der Waals surface area contributed by atoms with Crippen LogP contribution in [-0.2, 0) is 9.59 Å². The van der Waals surface area contributed by atoms with E-state index < -0.39 is 0 Å². The lowest BCUT2D eigenvalue weighted by Crippen LogP contribution is -2.45. The molecule has 2 amide bonds. The molecule has 7 nitrogen and oxygen atoms in total. The normalized spacial score (nSPS) is 38.4. The quantitative estimate of drug-likeness (QED) is 0.280. The van der Waals surface area contributed by atoms with E-state index in [1.807, 2.05) is 0 Å². The molecule has 6 unspecified atom stereocenters. The average Bonchev–Trinajstić information content (AvgIpc) is 3.39. The molecule has 0 spiro atoms. The van der Waals surface area contributed by atoms with Crippen LogP contribution in [0.2, 0.25) is 0 Å². The second-order valence-corrected chi connectivity index (χ2v) is 7.97. The zero-order chi connectivity index (χ0) is 18.3. The number of carbonyl (C=O) groups is 2. The Balaban J connectivity index is 1.25. The van der Waals surface area contributed by atoms with Gasteiger partial charge in [-0.3, -0.25) is 19.5 Å². The number of aliphatic hydroxyl groups excluding tert-OH is 1. The number of hydrogen-bond acceptors (Lipinski definition) is 4. The van der Waals surface area contributed by atoms with Crippen LogP contribution in [0.25, 0.3) is 0 Å². The number of carbonyl (C=O) groups excluding carboxylic acids is 2. The monoisotopic (exact) mass is 360 g/mol. The lowest BCUT2D eigenvalue weighted by Gasteiger charge is -2.20. The van der Waals surface area contributed by atoms with Gasteiger partial charge in [0.05, 0.1) is 17.9 Å². The van der Waals surface area contributed by atoms with Crippen molar-refractivity contribution in [1.82, 2.24) is 15.5 Å². The standard InChI is InChI=1S/C19H28N4O3/c1-20-19(22-10-13-3-2-4-14(13)24)21-7-8-23-17(25)15-11-5-6-12(9-11)16(15)18(23)26/h5-6,11-16,24H,2-4,7-10H2,1H3,(H2,20,21,22). The number of guanidine groups is 1. The summed E-state index contributed by atoms with van der Waals surface area (Å²) in [5, 5.41) is 16.3. The maximum Gasteiger partial charge on any atom is 0.233 e. The Morgan fingerprint density at radius 2 is 1.88 bits per heavy atom. The molecular formula is C19H28N4O3. The van der Waals surface area contributed by atoms with Crippen LogP contribution < -0.4 is 10.6 Å². The number of imide groups is 1. The fourth-order valence-corrected chi connectivity index (χ4v) is 5.17. The summed E-state index contributed by atoms with van der Waals surface area (Å²) in [5.41, 5.74) is 0. The first-order valence-electron chi connectivity index (χ1n) is 9.76. The van der Waals surface area contributed by atoms with Gasteiger partial charge < -0.3 is 15.7 Å². The second-order valence-electron chi connectivity index (χ2n) is 7.97. The fourth-order valence-electron chi connectivity index (χ4n) is 5.17. The van der Waals surface area contributed by atoms with E-state index in [9.17, 15) is 14.7 Å². The number of amides is 2. The number of likely N-dealkylation sites (tertiary alicyclic amines) is 1. The first kappa shape index (κ1) is 17.5. The Morgan fingerprint density at radius 3 is 2.46 bits per heavy atom. The van der Waals surface area contributed by atoms with Gasteiger partial charge in [-0.05, 0) is 31.1 Å². The molecule has 142 valence electrons. The van der Waals surface area contributed by atoms with E-state index in [-0.39, 0.29) is 47.5 Å². The van der Waals surface area contributed by atoms with Crippen molar-refractivity contribution >= 4 is 17.8 Å². The van der Waals surface area contributed by atoms with Gasteiger partial charge in [0.25, 0.3) is 0 Å². The van der Waals surface area contributed by atoms with Gasteiger partial charge in [0.2, 0.25) is 11.8 Å². The summed E-state index contributed by atoms with van der Waals surface area (Å²) in [6, 6.07) is 0. The number of nitrogens with zero attached hydrogens (tertiary/aromatic N) is 2. The Morgan fingerprint density at radius 1 is 1.19 bits per heavy atom. The molecule has 1 aliphatic heterocycles. The molecule has 3 aliphatic carbocycles. The molecule has 0 aromatic carbocycles. The van der Waals surface area contributed by atoms with Crippen molar-refractivity contribution in [3.05, 3.63) is 12.2 Å². The predicted molar refractivity (Wildman–Crippen MR) is 97.1 cm³/mol. The number of aliphatic hydroxyl groups is 1. The zero-order valence-corrected chi connectivity index (χ0v) is 15.2. The molecule has 1 saturated heterocycles. The highest BCUT2D eigenvalue weighted by molar-refractivity contribution is 6.06. The average molecular weight is 360 g/mol. The van der Waals surface area contributed by atoms with E-state index >= 15 is 0 Å². The van der Waals surface area contributed by atoms with Gasteiger partial charge in [-0.15, -0.1) is 0 Å². The van der Waals surface area contributed by atoms with Gasteiger partial charge in [0.1, 0.15) is 0 Å². The molecular weight excluding hydrogens is 332 g/mol. The molecule has 4 aliphatic rings. The molecule has 7 heteroatoms. The van der Waals surface area contributed by atoms with Crippen LogP contribution in [-0.4, -0.2) is 60.6 Å². The lowest BCUT2D eigenvalue weighted by atomic mass is 9.85. The summed E-state index contributed by atoms with van der Waals surface area (Å²) in [7, 11) is 1.69. The number of hydrogen-bond donors (Lipinski definition) is 3. The summed E-state index contributed by atoms with van der Waals surface area (Å²) < 4.78 is 0. The summed E-state index contributed by atoms with van der Waals surface area (Å²) >= 11 is 0. The maximum atomic E-state index is 12.6. The van der Waals surface area contributed by atoms with E-state index in [2.05, 4.69) is 27.8 Å². The van der Waals surface area contributed by atoms with Crippen molar-refractivity contribution in [2.45, 2.75) is 31.8 Å². The molecule has 1 heterocycles. The summed E-state index contributed by atoms with van der Waals surface area (Å²) in [6.45, 7) is 1.53. The van der Waals surface area contributed by atoms with Gasteiger partial charge in [0.15, 0.2) is 5.96 Å². The van der Waals surface area contributed by atoms with E-state index in [0.717, 1.165) is 25.7 Å². The molecule has 6 atom stereocenters. The molecule has 2 saturated carbocycles. The van der Waals surface area contributed by atoms with Crippen molar-refractivity contribution < 1.29 is 14.7 Å². The highest BCUT2D eigenvalue weighted by atomic mass is 16.3. The number of nitrogens with one attached hydrogen (secondary N) is 2. The van der Waals surface area contributed by atoms with Crippen LogP contribution in [0.3, 0.4) is 0 Å². The Labute approximate surface area is 153 Å². The minimum Gasteiger partial charge on any atom is -0.393 e. The lowest BCUT2D eigenvalue weighted by molar-refractivity contribution is -0.140. The van der Waals surface area contributed by atoms with E-state index in [4.69, 9.17) is 0 Å². The van der Waals surface area contributed by atoms with Crippen LogP contribution in [0, 0.1) is 29.6 Å². The molecule has 0 radical (unpaired) electrons.